The summed E-state index contributed by atoms with van der Waals surface area (Å²) in [5.41, 5.74) is 4.32. The van der Waals surface area contributed by atoms with Gasteiger partial charge in [-0.1, -0.05) is 48.0 Å². The molecule has 0 aliphatic heterocycles. The maximum atomic E-state index is 12.5. The first kappa shape index (κ1) is 15.9. The van der Waals surface area contributed by atoms with Crippen LogP contribution in [0.3, 0.4) is 0 Å². The fourth-order valence-corrected chi connectivity index (χ4v) is 3.13. The molecule has 2 aromatic rings. The largest absolute Gasteiger partial charge is 0.316 e. The van der Waals surface area contributed by atoms with Crippen molar-refractivity contribution in [3.8, 4) is 0 Å². The Labute approximate surface area is 127 Å². The van der Waals surface area contributed by atoms with E-state index in [2.05, 4.69) is 10.2 Å². The first-order valence-corrected chi connectivity index (χ1v) is 7.96. The molecule has 0 heterocycles. The van der Waals surface area contributed by atoms with Gasteiger partial charge in [0, 0.05) is 6.04 Å². The molecule has 0 spiro atoms. The summed E-state index contributed by atoms with van der Waals surface area (Å²) in [6.07, 6.45) is 0. The zero-order valence-corrected chi connectivity index (χ0v) is 12.9. The number of hydrogen-bond acceptors (Lipinski definition) is 3. The summed E-state index contributed by atoms with van der Waals surface area (Å²) in [7, 11) is -1.35. The standard InChI is InChI=1S/C16H20N2O2S/c1-12-8-10-15(11-9-12)21(20)18-16(13(2)17-19)14-6-4-3-5-7-14/h3-11,13,16-19H,1-2H3/t13-,16+,21?/m0/s1. The molecule has 21 heavy (non-hydrogen) atoms. The third kappa shape index (κ3) is 4.22. The molecule has 0 bridgehead atoms. The molecule has 0 aliphatic rings. The van der Waals surface area contributed by atoms with E-state index in [1.54, 1.807) is 0 Å². The number of rotatable bonds is 6. The Morgan fingerprint density at radius 2 is 1.67 bits per heavy atom. The van der Waals surface area contributed by atoms with Crippen molar-refractivity contribution >= 4 is 11.0 Å². The van der Waals surface area contributed by atoms with Crippen molar-refractivity contribution < 1.29 is 9.42 Å². The van der Waals surface area contributed by atoms with Gasteiger partial charge in [-0.2, -0.15) is 0 Å². The first-order chi connectivity index (χ1) is 10.1. The number of hydroxylamine groups is 1. The number of benzene rings is 2. The van der Waals surface area contributed by atoms with Crippen molar-refractivity contribution in [2.24, 2.45) is 0 Å². The Morgan fingerprint density at radius 3 is 2.24 bits per heavy atom. The lowest BCUT2D eigenvalue weighted by Crippen LogP contribution is -2.39. The van der Waals surface area contributed by atoms with Crippen LogP contribution in [0.5, 0.6) is 0 Å². The molecule has 112 valence electrons. The Kier molecular flexibility index (Phi) is 5.64. The molecule has 0 saturated heterocycles. The van der Waals surface area contributed by atoms with Crippen LogP contribution in [0.25, 0.3) is 0 Å². The lowest BCUT2D eigenvalue weighted by atomic mass is 10.0. The van der Waals surface area contributed by atoms with Crippen molar-refractivity contribution in [2.75, 3.05) is 0 Å². The molecule has 0 amide bonds. The number of nitrogens with one attached hydrogen (secondary N) is 2. The van der Waals surface area contributed by atoms with Crippen molar-refractivity contribution in [3.63, 3.8) is 0 Å². The Morgan fingerprint density at radius 1 is 1.05 bits per heavy atom. The van der Waals surface area contributed by atoms with E-state index in [4.69, 9.17) is 0 Å². The average molecular weight is 304 g/mol. The second kappa shape index (κ2) is 7.47. The van der Waals surface area contributed by atoms with Crippen LogP contribution in [0, 0.1) is 6.92 Å². The highest BCUT2D eigenvalue weighted by atomic mass is 32.2. The maximum Gasteiger partial charge on any atom is 0.125 e. The zero-order valence-electron chi connectivity index (χ0n) is 12.1. The summed E-state index contributed by atoms with van der Waals surface area (Å²) in [5, 5.41) is 9.20. The summed E-state index contributed by atoms with van der Waals surface area (Å²) < 4.78 is 15.5. The molecule has 0 radical (unpaired) electrons. The number of hydrogen-bond donors (Lipinski definition) is 3. The predicted molar refractivity (Wildman–Crippen MR) is 84.3 cm³/mol. The van der Waals surface area contributed by atoms with E-state index in [9.17, 15) is 9.42 Å². The van der Waals surface area contributed by atoms with Crippen LogP contribution < -0.4 is 10.2 Å². The van der Waals surface area contributed by atoms with E-state index in [0.717, 1.165) is 11.1 Å². The second-order valence-electron chi connectivity index (χ2n) is 5.01. The quantitative estimate of drug-likeness (QED) is 0.719. The fraction of sp³-hybridized carbons (Fsp3) is 0.250. The van der Waals surface area contributed by atoms with Gasteiger partial charge in [-0.05, 0) is 31.5 Å². The van der Waals surface area contributed by atoms with Crippen LogP contribution in [0.1, 0.15) is 24.1 Å². The SMILES string of the molecule is Cc1ccc(S(=O)N[C@@H](c2ccccc2)[C@H](C)NO)cc1. The lowest BCUT2D eigenvalue weighted by Gasteiger charge is -2.24. The van der Waals surface area contributed by atoms with E-state index in [-0.39, 0.29) is 12.1 Å². The van der Waals surface area contributed by atoms with Crippen LogP contribution in [-0.4, -0.2) is 15.5 Å². The van der Waals surface area contributed by atoms with Crippen molar-refractivity contribution in [2.45, 2.75) is 30.8 Å². The van der Waals surface area contributed by atoms with Gasteiger partial charge in [0.1, 0.15) is 11.0 Å². The maximum absolute atomic E-state index is 12.5. The molecule has 5 heteroatoms. The molecule has 0 saturated carbocycles. The van der Waals surface area contributed by atoms with Crippen LogP contribution in [0.2, 0.25) is 0 Å². The van der Waals surface area contributed by atoms with Gasteiger partial charge < -0.3 is 5.21 Å². The predicted octanol–water partition coefficient (Wildman–Crippen LogP) is 2.72. The topological polar surface area (TPSA) is 61.4 Å². The zero-order chi connectivity index (χ0) is 15.2. The second-order valence-corrected chi connectivity index (χ2v) is 6.25. The third-order valence-corrected chi connectivity index (χ3v) is 4.50. The molecule has 0 aliphatic carbocycles. The highest BCUT2D eigenvalue weighted by molar-refractivity contribution is 7.83. The monoisotopic (exact) mass is 304 g/mol. The molecule has 2 aromatic carbocycles. The first-order valence-electron chi connectivity index (χ1n) is 6.81. The van der Waals surface area contributed by atoms with Crippen molar-refractivity contribution in [3.05, 3.63) is 65.7 Å². The minimum Gasteiger partial charge on any atom is -0.316 e. The van der Waals surface area contributed by atoms with Crippen molar-refractivity contribution in [1.29, 1.82) is 0 Å². The molecular weight excluding hydrogens is 284 g/mol. The minimum absolute atomic E-state index is 0.265. The summed E-state index contributed by atoms with van der Waals surface area (Å²) in [6, 6.07) is 16.7. The van der Waals surface area contributed by atoms with E-state index in [0.29, 0.717) is 4.90 Å². The van der Waals surface area contributed by atoms with Gasteiger partial charge in [0.2, 0.25) is 0 Å². The summed E-state index contributed by atoms with van der Waals surface area (Å²) >= 11 is 0. The van der Waals surface area contributed by atoms with Gasteiger partial charge >= 0.3 is 0 Å². The van der Waals surface area contributed by atoms with Crippen LogP contribution in [-0.2, 0) is 11.0 Å². The van der Waals surface area contributed by atoms with E-state index in [1.807, 2.05) is 68.4 Å². The highest BCUT2D eigenvalue weighted by Crippen LogP contribution is 2.19. The molecule has 3 N–H and O–H groups in total. The summed E-state index contributed by atoms with van der Waals surface area (Å²) in [4.78, 5) is 0.715. The van der Waals surface area contributed by atoms with Crippen LogP contribution in [0.4, 0.5) is 0 Å². The molecule has 4 nitrogen and oxygen atoms in total. The lowest BCUT2D eigenvalue weighted by molar-refractivity contribution is 0.119. The fourth-order valence-electron chi connectivity index (χ4n) is 2.04. The normalized spacial score (nSPS) is 15.4. The van der Waals surface area contributed by atoms with Gasteiger partial charge in [-0.15, -0.1) is 0 Å². The molecular formula is C16H20N2O2S. The van der Waals surface area contributed by atoms with E-state index < -0.39 is 11.0 Å². The van der Waals surface area contributed by atoms with Crippen LogP contribution >= 0.6 is 0 Å². The average Bonchev–Trinajstić information content (AvgIpc) is 2.53. The van der Waals surface area contributed by atoms with Gasteiger partial charge in [-0.25, -0.2) is 14.4 Å². The van der Waals surface area contributed by atoms with Gasteiger partial charge in [0.25, 0.3) is 0 Å². The van der Waals surface area contributed by atoms with Gasteiger partial charge in [0.15, 0.2) is 0 Å². The minimum atomic E-state index is -1.35. The smallest absolute Gasteiger partial charge is 0.125 e. The van der Waals surface area contributed by atoms with Crippen molar-refractivity contribution in [1.82, 2.24) is 10.2 Å². The van der Waals surface area contributed by atoms with Crippen LogP contribution in [0.15, 0.2) is 59.5 Å². The van der Waals surface area contributed by atoms with E-state index in [1.165, 1.54) is 0 Å². The Hall–Kier alpha value is -1.53. The highest BCUT2D eigenvalue weighted by Gasteiger charge is 2.21. The molecule has 0 aromatic heterocycles. The Bertz CT molecular complexity index is 587. The molecule has 1 unspecified atom stereocenters. The van der Waals surface area contributed by atoms with Gasteiger partial charge in [0.05, 0.1) is 10.9 Å². The molecule has 0 fully saturated rings. The van der Waals surface area contributed by atoms with E-state index >= 15 is 0 Å². The third-order valence-electron chi connectivity index (χ3n) is 3.33. The molecule has 2 rings (SSSR count). The number of aryl methyl sites for hydroxylation is 1. The summed E-state index contributed by atoms with van der Waals surface area (Å²) in [5.74, 6) is 0. The summed E-state index contributed by atoms with van der Waals surface area (Å²) in [6.45, 7) is 3.82. The molecule has 3 atom stereocenters. The Balaban J connectivity index is 2.19. The van der Waals surface area contributed by atoms with Gasteiger partial charge in [-0.3, -0.25) is 0 Å².